The SMILES string of the molecule is O=C(O)c1ccncc1NC(=O)C1CCCOC1. The summed E-state index contributed by atoms with van der Waals surface area (Å²) in [5.74, 6) is -1.53. The minimum Gasteiger partial charge on any atom is -0.478 e. The Kier molecular flexibility index (Phi) is 3.88. The van der Waals surface area contributed by atoms with Gasteiger partial charge in [0.05, 0.1) is 30.0 Å². The van der Waals surface area contributed by atoms with Crippen molar-refractivity contribution >= 4 is 17.6 Å². The van der Waals surface area contributed by atoms with Crippen LogP contribution in [0.3, 0.4) is 0 Å². The number of aromatic carboxylic acids is 1. The number of ether oxygens (including phenoxy) is 1. The lowest BCUT2D eigenvalue weighted by atomic mass is 10.0. The Balaban J connectivity index is 2.08. The molecule has 0 bridgehead atoms. The number of carboxylic acid groups (broad SMARTS) is 1. The minimum absolute atomic E-state index is 0.0371. The molecule has 0 saturated carbocycles. The van der Waals surface area contributed by atoms with E-state index in [1.165, 1.54) is 18.5 Å². The van der Waals surface area contributed by atoms with Gasteiger partial charge in [-0.15, -0.1) is 0 Å². The molecule has 0 aromatic carbocycles. The van der Waals surface area contributed by atoms with E-state index in [0.717, 1.165) is 12.8 Å². The lowest BCUT2D eigenvalue weighted by Gasteiger charge is -2.21. The number of nitrogens with zero attached hydrogens (tertiary/aromatic N) is 1. The Morgan fingerprint density at radius 3 is 3.00 bits per heavy atom. The molecule has 2 rings (SSSR count). The number of hydrogen-bond donors (Lipinski definition) is 2. The zero-order valence-electron chi connectivity index (χ0n) is 9.76. The van der Waals surface area contributed by atoms with E-state index in [0.29, 0.717) is 13.2 Å². The molecule has 6 heteroatoms. The predicted octanol–water partition coefficient (Wildman–Crippen LogP) is 1.14. The van der Waals surface area contributed by atoms with E-state index in [9.17, 15) is 9.59 Å². The van der Waals surface area contributed by atoms with Crippen LogP contribution in [0.2, 0.25) is 0 Å². The number of hydrogen-bond acceptors (Lipinski definition) is 4. The second-order valence-corrected chi connectivity index (χ2v) is 4.13. The quantitative estimate of drug-likeness (QED) is 0.839. The Morgan fingerprint density at radius 1 is 1.50 bits per heavy atom. The van der Waals surface area contributed by atoms with E-state index < -0.39 is 5.97 Å². The summed E-state index contributed by atoms with van der Waals surface area (Å²) in [5, 5.41) is 11.6. The molecule has 1 aliphatic heterocycles. The van der Waals surface area contributed by atoms with Crippen LogP contribution in [0.15, 0.2) is 18.5 Å². The highest BCUT2D eigenvalue weighted by molar-refractivity contribution is 6.00. The van der Waals surface area contributed by atoms with Crippen LogP contribution in [0.1, 0.15) is 23.2 Å². The van der Waals surface area contributed by atoms with Gasteiger partial charge in [0.2, 0.25) is 5.91 Å². The lowest BCUT2D eigenvalue weighted by molar-refractivity contribution is -0.123. The first-order valence-corrected chi connectivity index (χ1v) is 5.74. The van der Waals surface area contributed by atoms with Crippen LogP contribution in [0.25, 0.3) is 0 Å². The van der Waals surface area contributed by atoms with Gasteiger partial charge in [-0.25, -0.2) is 4.79 Å². The van der Waals surface area contributed by atoms with Crippen LogP contribution in [-0.4, -0.2) is 35.2 Å². The van der Waals surface area contributed by atoms with Gasteiger partial charge in [0.1, 0.15) is 0 Å². The molecule has 96 valence electrons. The number of carbonyl (C=O) groups is 2. The molecule has 1 amide bonds. The van der Waals surface area contributed by atoms with Gasteiger partial charge in [-0.2, -0.15) is 0 Å². The number of aromatic nitrogens is 1. The fraction of sp³-hybridized carbons (Fsp3) is 0.417. The fourth-order valence-corrected chi connectivity index (χ4v) is 1.86. The summed E-state index contributed by atoms with van der Waals surface area (Å²) in [5.41, 5.74) is 0.260. The number of carboxylic acids is 1. The highest BCUT2D eigenvalue weighted by atomic mass is 16.5. The monoisotopic (exact) mass is 250 g/mol. The smallest absolute Gasteiger partial charge is 0.337 e. The zero-order chi connectivity index (χ0) is 13.0. The van der Waals surface area contributed by atoms with Crippen molar-refractivity contribution in [3.05, 3.63) is 24.0 Å². The summed E-state index contributed by atoms with van der Waals surface area (Å²) in [4.78, 5) is 26.7. The molecular formula is C12H14N2O4. The molecule has 1 aromatic heterocycles. The summed E-state index contributed by atoms with van der Waals surface area (Å²) in [6.45, 7) is 1.06. The molecule has 0 radical (unpaired) electrons. The number of rotatable bonds is 3. The van der Waals surface area contributed by atoms with Crippen LogP contribution < -0.4 is 5.32 Å². The summed E-state index contributed by atoms with van der Waals surface area (Å²) in [6.07, 6.45) is 4.32. The van der Waals surface area contributed by atoms with E-state index in [1.54, 1.807) is 0 Å². The average molecular weight is 250 g/mol. The summed E-state index contributed by atoms with van der Waals surface area (Å²) >= 11 is 0. The third-order valence-electron chi connectivity index (χ3n) is 2.84. The van der Waals surface area contributed by atoms with Crippen molar-refractivity contribution in [3.8, 4) is 0 Å². The molecule has 2 N–H and O–H groups in total. The zero-order valence-corrected chi connectivity index (χ0v) is 9.76. The maximum Gasteiger partial charge on any atom is 0.337 e. The first-order chi connectivity index (χ1) is 8.68. The van der Waals surface area contributed by atoms with Gasteiger partial charge < -0.3 is 15.2 Å². The Hall–Kier alpha value is -1.95. The standard InChI is InChI=1S/C12H14N2O4/c15-11(8-2-1-5-18-7-8)14-10-6-13-4-3-9(10)12(16)17/h3-4,6,8H,1-2,5,7H2,(H,14,15)(H,16,17). The van der Waals surface area contributed by atoms with E-state index in [4.69, 9.17) is 9.84 Å². The number of pyridine rings is 1. The first-order valence-electron chi connectivity index (χ1n) is 5.74. The van der Waals surface area contributed by atoms with E-state index >= 15 is 0 Å². The highest BCUT2D eigenvalue weighted by Crippen LogP contribution is 2.18. The first kappa shape index (κ1) is 12.5. The van der Waals surface area contributed by atoms with Gasteiger partial charge in [-0.3, -0.25) is 9.78 Å². The molecule has 6 nitrogen and oxygen atoms in total. The molecule has 2 heterocycles. The molecule has 1 fully saturated rings. The van der Waals surface area contributed by atoms with Crippen LogP contribution in [0, 0.1) is 5.92 Å². The lowest BCUT2D eigenvalue weighted by Crippen LogP contribution is -2.30. The molecule has 1 aliphatic rings. The molecule has 1 atom stereocenters. The van der Waals surface area contributed by atoms with Crippen molar-refractivity contribution < 1.29 is 19.4 Å². The van der Waals surface area contributed by atoms with Gasteiger partial charge in [0.25, 0.3) is 0 Å². The van der Waals surface area contributed by atoms with E-state index in [-0.39, 0.29) is 23.1 Å². The third kappa shape index (κ3) is 2.84. The van der Waals surface area contributed by atoms with Gasteiger partial charge in [0, 0.05) is 12.8 Å². The number of amides is 1. The molecule has 0 spiro atoms. The van der Waals surface area contributed by atoms with Gasteiger partial charge in [-0.05, 0) is 18.9 Å². The number of carbonyl (C=O) groups excluding carboxylic acids is 1. The summed E-state index contributed by atoms with van der Waals surface area (Å²) in [7, 11) is 0. The predicted molar refractivity (Wildman–Crippen MR) is 63.4 cm³/mol. The van der Waals surface area contributed by atoms with Crippen molar-refractivity contribution in [2.24, 2.45) is 5.92 Å². The number of anilines is 1. The normalized spacial score (nSPS) is 19.2. The molecule has 1 aromatic rings. The highest BCUT2D eigenvalue weighted by Gasteiger charge is 2.23. The topological polar surface area (TPSA) is 88.5 Å². The van der Waals surface area contributed by atoms with Gasteiger partial charge in [0.15, 0.2) is 0 Å². The van der Waals surface area contributed by atoms with E-state index in [2.05, 4.69) is 10.3 Å². The largest absolute Gasteiger partial charge is 0.478 e. The molecule has 1 saturated heterocycles. The second kappa shape index (κ2) is 5.59. The van der Waals surface area contributed by atoms with Crippen molar-refractivity contribution in [3.63, 3.8) is 0 Å². The van der Waals surface area contributed by atoms with Crippen LogP contribution in [0.4, 0.5) is 5.69 Å². The fourth-order valence-electron chi connectivity index (χ4n) is 1.86. The summed E-state index contributed by atoms with van der Waals surface area (Å²) in [6, 6.07) is 1.36. The Bertz CT molecular complexity index is 455. The van der Waals surface area contributed by atoms with Crippen molar-refractivity contribution in [1.82, 2.24) is 4.98 Å². The van der Waals surface area contributed by atoms with Crippen molar-refractivity contribution in [2.75, 3.05) is 18.5 Å². The molecule has 18 heavy (non-hydrogen) atoms. The second-order valence-electron chi connectivity index (χ2n) is 4.13. The van der Waals surface area contributed by atoms with Gasteiger partial charge >= 0.3 is 5.97 Å². The Morgan fingerprint density at radius 2 is 2.33 bits per heavy atom. The van der Waals surface area contributed by atoms with Gasteiger partial charge in [-0.1, -0.05) is 0 Å². The maximum absolute atomic E-state index is 11.9. The van der Waals surface area contributed by atoms with Crippen LogP contribution in [0.5, 0.6) is 0 Å². The molecule has 1 unspecified atom stereocenters. The number of nitrogens with one attached hydrogen (secondary N) is 1. The van der Waals surface area contributed by atoms with Crippen molar-refractivity contribution in [1.29, 1.82) is 0 Å². The third-order valence-corrected chi connectivity index (χ3v) is 2.84. The molecule has 0 aliphatic carbocycles. The molecular weight excluding hydrogens is 236 g/mol. The minimum atomic E-state index is -1.09. The summed E-state index contributed by atoms with van der Waals surface area (Å²) < 4.78 is 5.23. The van der Waals surface area contributed by atoms with E-state index in [1.807, 2.05) is 0 Å². The Labute approximate surface area is 104 Å². The maximum atomic E-state index is 11.9. The average Bonchev–Trinajstić information content (AvgIpc) is 2.40. The van der Waals surface area contributed by atoms with Crippen LogP contribution >= 0.6 is 0 Å². The van der Waals surface area contributed by atoms with Crippen LogP contribution in [-0.2, 0) is 9.53 Å². The van der Waals surface area contributed by atoms with Crippen molar-refractivity contribution in [2.45, 2.75) is 12.8 Å².